The van der Waals surface area contributed by atoms with E-state index in [-0.39, 0.29) is 6.61 Å². The van der Waals surface area contributed by atoms with Crippen molar-refractivity contribution in [2.45, 2.75) is 13.0 Å². The van der Waals surface area contributed by atoms with E-state index in [1.165, 1.54) is 5.57 Å². The molecule has 7 heteroatoms. The molecule has 0 saturated heterocycles. The number of methoxy groups -OCH3 is 1. The molecule has 148 valence electrons. The fourth-order valence-corrected chi connectivity index (χ4v) is 3.89. The van der Waals surface area contributed by atoms with Crippen LogP contribution in [0.4, 0.5) is 0 Å². The number of imidazole rings is 1. The van der Waals surface area contributed by atoms with Crippen LogP contribution in [0.15, 0.2) is 42.7 Å². The van der Waals surface area contributed by atoms with Crippen LogP contribution in [-0.4, -0.2) is 46.1 Å². The molecular weight excluding hydrogens is 388 g/mol. The molecule has 1 aliphatic heterocycles. The van der Waals surface area contributed by atoms with Crippen LogP contribution in [0.3, 0.4) is 0 Å². The van der Waals surface area contributed by atoms with Gasteiger partial charge in [0.15, 0.2) is 0 Å². The third kappa shape index (κ3) is 3.85. The van der Waals surface area contributed by atoms with Gasteiger partial charge >= 0.3 is 0 Å². The van der Waals surface area contributed by atoms with Gasteiger partial charge in [0.1, 0.15) is 11.4 Å². The number of pyridine rings is 1. The summed E-state index contributed by atoms with van der Waals surface area (Å²) in [5.74, 6) is 0.528. The Labute approximate surface area is 174 Å². The number of nitriles is 1. The van der Waals surface area contributed by atoms with E-state index in [1.807, 2.05) is 16.8 Å². The van der Waals surface area contributed by atoms with Gasteiger partial charge in [-0.05, 0) is 47.4 Å². The number of fused-ring (bicyclic) bond motifs is 1. The van der Waals surface area contributed by atoms with E-state index >= 15 is 0 Å². The second kappa shape index (κ2) is 8.26. The summed E-state index contributed by atoms with van der Waals surface area (Å²) in [6, 6.07) is 9.88. The van der Waals surface area contributed by atoms with Gasteiger partial charge in [0, 0.05) is 31.0 Å². The Morgan fingerprint density at radius 2 is 2.21 bits per heavy atom. The lowest BCUT2D eigenvalue weighted by Crippen LogP contribution is -2.28. The Morgan fingerprint density at radius 3 is 2.90 bits per heavy atom. The van der Waals surface area contributed by atoms with E-state index in [0.29, 0.717) is 22.9 Å². The van der Waals surface area contributed by atoms with Gasteiger partial charge in [-0.3, -0.25) is 4.90 Å². The highest BCUT2D eigenvalue weighted by Crippen LogP contribution is 2.34. The van der Waals surface area contributed by atoms with Crippen LogP contribution in [0.25, 0.3) is 22.5 Å². The summed E-state index contributed by atoms with van der Waals surface area (Å²) in [4.78, 5) is 6.88. The first-order valence-corrected chi connectivity index (χ1v) is 9.76. The summed E-state index contributed by atoms with van der Waals surface area (Å²) < 4.78 is 7.21. The number of nitrogens with zero attached hydrogens (tertiary/aromatic N) is 4. The predicted molar refractivity (Wildman–Crippen MR) is 113 cm³/mol. The van der Waals surface area contributed by atoms with Gasteiger partial charge < -0.3 is 14.2 Å². The van der Waals surface area contributed by atoms with Crippen molar-refractivity contribution >= 4 is 22.8 Å². The van der Waals surface area contributed by atoms with Gasteiger partial charge in [-0.2, -0.15) is 5.26 Å². The fraction of sp³-hybridized carbons (Fsp3) is 0.273. The van der Waals surface area contributed by atoms with E-state index in [9.17, 15) is 5.11 Å². The highest BCUT2D eigenvalue weighted by molar-refractivity contribution is 6.32. The zero-order valence-corrected chi connectivity index (χ0v) is 16.9. The van der Waals surface area contributed by atoms with Crippen LogP contribution in [0.2, 0.25) is 5.02 Å². The molecule has 0 spiro atoms. The number of benzene rings is 1. The highest BCUT2D eigenvalue weighted by atomic mass is 35.5. The van der Waals surface area contributed by atoms with Gasteiger partial charge in [-0.1, -0.05) is 17.7 Å². The van der Waals surface area contributed by atoms with Crippen molar-refractivity contribution < 1.29 is 9.84 Å². The van der Waals surface area contributed by atoms with Crippen molar-refractivity contribution in [3.8, 4) is 23.1 Å². The van der Waals surface area contributed by atoms with E-state index in [4.69, 9.17) is 26.6 Å². The first-order chi connectivity index (χ1) is 14.1. The quantitative estimate of drug-likeness (QED) is 0.650. The van der Waals surface area contributed by atoms with Gasteiger partial charge in [-0.15, -0.1) is 0 Å². The molecule has 29 heavy (non-hydrogen) atoms. The smallest absolute Gasteiger partial charge is 0.138 e. The van der Waals surface area contributed by atoms with E-state index in [0.717, 1.165) is 42.0 Å². The van der Waals surface area contributed by atoms with Crippen LogP contribution in [0, 0.1) is 11.3 Å². The minimum absolute atomic E-state index is 0.131. The van der Waals surface area contributed by atoms with Gasteiger partial charge in [0.2, 0.25) is 0 Å². The summed E-state index contributed by atoms with van der Waals surface area (Å²) in [5, 5.41) is 19.1. The second-order valence-electron chi connectivity index (χ2n) is 6.98. The molecule has 1 aromatic carbocycles. The Kier molecular flexibility index (Phi) is 5.54. The topological polar surface area (TPSA) is 73.8 Å². The number of aliphatic hydroxyl groups excluding tert-OH is 1. The zero-order valence-electron chi connectivity index (χ0n) is 16.1. The molecule has 1 N–H and O–H groups in total. The van der Waals surface area contributed by atoms with Crippen molar-refractivity contribution in [2.24, 2.45) is 0 Å². The van der Waals surface area contributed by atoms with Crippen molar-refractivity contribution in [1.82, 2.24) is 14.3 Å². The predicted octanol–water partition coefficient (Wildman–Crippen LogP) is 3.77. The molecule has 0 atom stereocenters. The van der Waals surface area contributed by atoms with E-state index in [2.05, 4.69) is 29.2 Å². The lowest BCUT2D eigenvalue weighted by Gasteiger charge is -2.23. The number of aromatic nitrogens is 2. The Morgan fingerprint density at radius 1 is 1.34 bits per heavy atom. The number of hydrogen-bond acceptors (Lipinski definition) is 5. The van der Waals surface area contributed by atoms with Crippen LogP contribution < -0.4 is 4.74 Å². The maximum Gasteiger partial charge on any atom is 0.138 e. The molecule has 3 aromatic rings. The molecule has 4 rings (SSSR count). The van der Waals surface area contributed by atoms with Crippen LogP contribution in [-0.2, 0) is 6.61 Å². The monoisotopic (exact) mass is 408 g/mol. The van der Waals surface area contributed by atoms with E-state index in [1.54, 1.807) is 19.2 Å². The van der Waals surface area contributed by atoms with Crippen molar-refractivity contribution in [2.75, 3.05) is 26.7 Å². The highest BCUT2D eigenvalue weighted by Gasteiger charge is 2.16. The molecule has 6 nitrogen and oxygen atoms in total. The molecule has 0 amide bonds. The average Bonchev–Trinajstić information content (AvgIpc) is 3.17. The van der Waals surface area contributed by atoms with Crippen molar-refractivity contribution in [3.63, 3.8) is 0 Å². The molecule has 0 saturated carbocycles. The first-order valence-electron chi connectivity index (χ1n) is 9.38. The van der Waals surface area contributed by atoms with Gasteiger partial charge in [0.25, 0.3) is 0 Å². The summed E-state index contributed by atoms with van der Waals surface area (Å²) in [7, 11) is 1.55. The standard InChI is InChI=1S/C22H21ClN4O2/c1-29-21-10-17(14-28)18(12-19(21)23)20-13-27-8-4-16(11-22(27)25-20)15-2-6-26(7-3-15)9-5-24/h2,4,8,10-13,28H,3,6-7,9,14H2,1H3. The van der Waals surface area contributed by atoms with Crippen molar-refractivity contribution in [3.05, 3.63) is 58.9 Å². The fourth-order valence-electron chi connectivity index (χ4n) is 3.65. The van der Waals surface area contributed by atoms with E-state index < -0.39 is 0 Å². The van der Waals surface area contributed by atoms with Crippen molar-refractivity contribution in [1.29, 1.82) is 5.26 Å². The number of halogens is 1. The van der Waals surface area contributed by atoms with Crippen LogP contribution in [0.1, 0.15) is 17.5 Å². The molecular formula is C22H21ClN4O2. The molecule has 1 aliphatic rings. The minimum atomic E-state index is -0.131. The molecule has 0 bridgehead atoms. The third-order valence-electron chi connectivity index (χ3n) is 5.24. The number of ether oxygens (including phenoxy) is 1. The summed E-state index contributed by atoms with van der Waals surface area (Å²) in [6.45, 7) is 2.00. The lowest BCUT2D eigenvalue weighted by molar-refractivity contribution is 0.281. The summed E-state index contributed by atoms with van der Waals surface area (Å²) in [5.41, 5.74) is 5.48. The third-order valence-corrected chi connectivity index (χ3v) is 5.54. The number of aliphatic hydroxyl groups is 1. The van der Waals surface area contributed by atoms with Gasteiger partial charge in [-0.25, -0.2) is 4.98 Å². The largest absolute Gasteiger partial charge is 0.495 e. The van der Waals surface area contributed by atoms with Crippen LogP contribution in [0.5, 0.6) is 5.75 Å². The molecule has 0 fully saturated rings. The summed E-state index contributed by atoms with van der Waals surface area (Å²) in [6.07, 6.45) is 7.02. The first kappa shape index (κ1) is 19.5. The molecule has 0 unspecified atom stereocenters. The maximum absolute atomic E-state index is 9.77. The Hall–Kier alpha value is -2.85. The summed E-state index contributed by atoms with van der Waals surface area (Å²) >= 11 is 6.30. The number of hydrogen-bond donors (Lipinski definition) is 1. The molecule has 0 aliphatic carbocycles. The maximum atomic E-state index is 9.77. The number of rotatable bonds is 5. The Bertz CT molecular complexity index is 1130. The van der Waals surface area contributed by atoms with Gasteiger partial charge in [0.05, 0.1) is 37.0 Å². The molecule has 2 aromatic heterocycles. The van der Waals surface area contributed by atoms with Crippen LogP contribution >= 0.6 is 11.6 Å². The average molecular weight is 409 g/mol. The molecule has 0 radical (unpaired) electrons. The molecule has 3 heterocycles. The SMILES string of the molecule is COc1cc(CO)c(-c2cn3ccc(C4=CCN(CC#N)CC4)cc3n2)cc1Cl. The zero-order chi connectivity index (χ0) is 20.4. The lowest BCUT2D eigenvalue weighted by atomic mass is 10.0. The second-order valence-corrected chi connectivity index (χ2v) is 7.39. The Balaban J connectivity index is 1.68. The minimum Gasteiger partial charge on any atom is -0.495 e. The normalized spacial score (nSPS) is 14.6.